The van der Waals surface area contributed by atoms with Crippen LogP contribution in [0.15, 0.2) is 36.8 Å². The summed E-state index contributed by atoms with van der Waals surface area (Å²) in [6, 6.07) is 6.19. The van der Waals surface area contributed by atoms with Crippen LogP contribution in [0, 0.1) is 5.82 Å². The first kappa shape index (κ1) is 13.5. The second kappa shape index (κ2) is 5.47. The maximum Gasteiger partial charge on any atom is 0.168 e. The van der Waals surface area contributed by atoms with Gasteiger partial charge in [0.25, 0.3) is 0 Å². The van der Waals surface area contributed by atoms with Crippen molar-refractivity contribution in [3.05, 3.63) is 42.6 Å². The highest BCUT2D eigenvalue weighted by Crippen LogP contribution is 2.24. The summed E-state index contributed by atoms with van der Waals surface area (Å²) < 4.78 is 14.7. The molecule has 0 N–H and O–H groups in total. The minimum absolute atomic E-state index is 0.270. The van der Waals surface area contributed by atoms with Gasteiger partial charge in [0.2, 0.25) is 0 Å². The molecule has 0 spiro atoms. The van der Waals surface area contributed by atoms with E-state index >= 15 is 0 Å². The van der Waals surface area contributed by atoms with Gasteiger partial charge >= 0.3 is 0 Å². The fourth-order valence-corrected chi connectivity index (χ4v) is 2.38. The lowest BCUT2D eigenvalue weighted by Gasteiger charge is -2.19. The monoisotopic (exact) mass is 285 g/mol. The highest BCUT2D eigenvalue weighted by Gasteiger charge is 2.14. The molecule has 6 heteroatoms. The van der Waals surface area contributed by atoms with E-state index in [9.17, 15) is 4.39 Å². The first-order valence-electron chi connectivity index (χ1n) is 6.94. The number of hydrogen-bond donors (Lipinski definition) is 0. The molecule has 3 rings (SSSR count). The molecule has 0 bridgehead atoms. The van der Waals surface area contributed by atoms with Gasteiger partial charge in [-0.15, -0.1) is 0 Å². The van der Waals surface area contributed by atoms with Gasteiger partial charge in [-0.1, -0.05) is 0 Å². The Morgan fingerprint density at radius 1 is 1.10 bits per heavy atom. The summed E-state index contributed by atoms with van der Waals surface area (Å²) in [7, 11) is 0. The third-order valence-electron chi connectivity index (χ3n) is 3.48. The van der Waals surface area contributed by atoms with Gasteiger partial charge in [-0.3, -0.25) is 0 Å². The maximum absolute atomic E-state index is 13.0. The van der Waals surface area contributed by atoms with E-state index in [-0.39, 0.29) is 5.82 Å². The Morgan fingerprint density at radius 3 is 2.48 bits per heavy atom. The Bertz CT molecular complexity index is 746. The second-order valence-corrected chi connectivity index (χ2v) is 4.64. The number of halogens is 1. The summed E-state index contributed by atoms with van der Waals surface area (Å²) in [4.78, 5) is 10.8. The van der Waals surface area contributed by atoms with Crippen LogP contribution in [0.4, 0.5) is 10.2 Å². The number of rotatable bonds is 4. The average molecular weight is 285 g/mol. The number of benzene rings is 1. The maximum atomic E-state index is 13.0. The first-order chi connectivity index (χ1) is 10.2. The number of aromatic nitrogens is 4. The molecule has 0 radical (unpaired) electrons. The van der Waals surface area contributed by atoms with Gasteiger partial charge < -0.3 is 4.90 Å². The summed E-state index contributed by atoms with van der Waals surface area (Å²) in [5.74, 6) is 0.604. The van der Waals surface area contributed by atoms with Crippen LogP contribution in [0.2, 0.25) is 0 Å². The smallest absolute Gasteiger partial charge is 0.168 e. The number of fused-ring (bicyclic) bond motifs is 1. The van der Waals surface area contributed by atoms with Crippen molar-refractivity contribution in [2.75, 3.05) is 18.0 Å². The van der Waals surface area contributed by atoms with E-state index < -0.39 is 0 Å². The van der Waals surface area contributed by atoms with Crippen LogP contribution < -0.4 is 4.90 Å². The van der Waals surface area contributed by atoms with E-state index in [1.807, 2.05) is 0 Å². The first-order valence-corrected chi connectivity index (χ1v) is 6.94. The topological polar surface area (TPSA) is 46.8 Å². The van der Waals surface area contributed by atoms with Crippen LogP contribution in [0.1, 0.15) is 13.8 Å². The number of hydrogen-bond acceptors (Lipinski definition) is 4. The average Bonchev–Trinajstić information content (AvgIpc) is 2.94. The predicted molar refractivity (Wildman–Crippen MR) is 80.2 cm³/mol. The lowest BCUT2D eigenvalue weighted by atomic mass is 10.3. The van der Waals surface area contributed by atoms with Crippen LogP contribution in [0.5, 0.6) is 0 Å². The van der Waals surface area contributed by atoms with E-state index in [1.165, 1.54) is 18.5 Å². The summed E-state index contributed by atoms with van der Waals surface area (Å²) in [5, 5.41) is 5.27. The molecule has 1 aromatic carbocycles. The van der Waals surface area contributed by atoms with Gasteiger partial charge in [-0.25, -0.2) is 19.0 Å². The Morgan fingerprint density at radius 2 is 1.81 bits per heavy atom. The third kappa shape index (κ3) is 2.33. The normalized spacial score (nSPS) is 11.0. The fraction of sp³-hybridized carbons (Fsp3) is 0.267. The minimum atomic E-state index is -0.270. The molecular weight excluding hydrogens is 269 g/mol. The highest BCUT2D eigenvalue weighted by molar-refractivity contribution is 5.87. The van der Waals surface area contributed by atoms with Gasteiger partial charge in [0.05, 0.1) is 17.3 Å². The molecular formula is C15H16FN5. The quantitative estimate of drug-likeness (QED) is 0.739. The zero-order valence-corrected chi connectivity index (χ0v) is 12.0. The van der Waals surface area contributed by atoms with E-state index in [0.717, 1.165) is 35.6 Å². The van der Waals surface area contributed by atoms with Crippen LogP contribution in [0.25, 0.3) is 16.7 Å². The lowest BCUT2D eigenvalue weighted by molar-refractivity contribution is 0.627. The van der Waals surface area contributed by atoms with E-state index in [4.69, 9.17) is 0 Å². The molecule has 0 aliphatic heterocycles. The van der Waals surface area contributed by atoms with Crippen molar-refractivity contribution >= 4 is 16.9 Å². The molecule has 0 saturated heterocycles. The largest absolute Gasteiger partial charge is 0.356 e. The molecule has 21 heavy (non-hydrogen) atoms. The Labute approximate surface area is 122 Å². The zero-order valence-electron chi connectivity index (χ0n) is 12.0. The van der Waals surface area contributed by atoms with Gasteiger partial charge in [0.1, 0.15) is 18.0 Å². The molecule has 0 fully saturated rings. The molecule has 2 aromatic heterocycles. The number of nitrogens with zero attached hydrogens (tertiary/aromatic N) is 5. The summed E-state index contributed by atoms with van der Waals surface area (Å²) >= 11 is 0. The van der Waals surface area contributed by atoms with Gasteiger partial charge in [-0.2, -0.15) is 5.10 Å². The second-order valence-electron chi connectivity index (χ2n) is 4.64. The summed E-state index contributed by atoms with van der Waals surface area (Å²) in [6.45, 7) is 5.90. The molecule has 0 atom stereocenters. The Kier molecular flexibility index (Phi) is 3.51. The van der Waals surface area contributed by atoms with Crippen LogP contribution in [-0.4, -0.2) is 32.8 Å². The molecule has 2 heterocycles. The molecule has 5 nitrogen and oxygen atoms in total. The van der Waals surface area contributed by atoms with Crippen LogP contribution >= 0.6 is 0 Å². The van der Waals surface area contributed by atoms with Crippen molar-refractivity contribution in [2.24, 2.45) is 0 Å². The molecule has 0 saturated carbocycles. The van der Waals surface area contributed by atoms with Crippen molar-refractivity contribution in [1.82, 2.24) is 19.7 Å². The van der Waals surface area contributed by atoms with Crippen LogP contribution in [0.3, 0.4) is 0 Å². The van der Waals surface area contributed by atoms with Gasteiger partial charge in [0.15, 0.2) is 5.65 Å². The Hall–Kier alpha value is -2.50. The molecule has 0 aliphatic carbocycles. The summed E-state index contributed by atoms with van der Waals surface area (Å²) in [6.07, 6.45) is 3.30. The van der Waals surface area contributed by atoms with Crippen molar-refractivity contribution in [2.45, 2.75) is 13.8 Å². The fourth-order valence-electron chi connectivity index (χ4n) is 2.38. The van der Waals surface area contributed by atoms with Gasteiger partial charge in [0, 0.05) is 13.1 Å². The predicted octanol–water partition coefficient (Wildman–Crippen LogP) is 2.80. The standard InChI is InChI=1S/C15H16FN5/c1-3-20(4-2)14-13-9-19-21(15(13)18-10-17-14)12-7-5-11(16)6-8-12/h5-10H,3-4H2,1-2H3. The Balaban J connectivity index is 2.15. The molecule has 0 amide bonds. The van der Waals surface area contributed by atoms with Crippen LogP contribution in [-0.2, 0) is 0 Å². The summed E-state index contributed by atoms with van der Waals surface area (Å²) in [5.41, 5.74) is 1.49. The SMILES string of the molecule is CCN(CC)c1ncnc2c1cnn2-c1ccc(F)cc1. The molecule has 0 unspecified atom stereocenters. The van der Waals surface area contributed by atoms with E-state index in [2.05, 4.69) is 33.8 Å². The van der Waals surface area contributed by atoms with Crippen molar-refractivity contribution in [3.8, 4) is 5.69 Å². The molecule has 3 aromatic rings. The van der Waals surface area contributed by atoms with E-state index in [0.29, 0.717) is 0 Å². The number of anilines is 1. The molecule has 0 aliphatic rings. The minimum Gasteiger partial charge on any atom is -0.356 e. The molecule has 108 valence electrons. The van der Waals surface area contributed by atoms with Gasteiger partial charge in [-0.05, 0) is 38.1 Å². The van der Waals surface area contributed by atoms with E-state index in [1.54, 1.807) is 23.0 Å². The zero-order chi connectivity index (χ0) is 14.8. The highest BCUT2D eigenvalue weighted by atomic mass is 19.1. The third-order valence-corrected chi connectivity index (χ3v) is 3.48. The van der Waals surface area contributed by atoms with Crippen molar-refractivity contribution in [1.29, 1.82) is 0 Å². The van der Waals surface area contributed by atoms with Crippen molar-refractivity contribution in [3.63, 3.8) is 0 Å². The van der Waals surface area contributed by atoms with Crippen molar-refractivity contribution < 1.29 is 4.39 Å². The lowest BCUT2D eigenvalue weighted by Crippen LogP contribution is -2.23.